The van der Waals surface area contributed by atoms with E-state index in [1.54, 1.807) is 17.0 Å². The van der Waals surface area contributed by atoms with E-state index in [1.807, 2.05) is 12.1 Å². The molecule has 0 saturated heterocycles. The summed E-state index contributed by atoms with van der Waals surface area (Å²) in [6.45, 7) is 0.825. The summed E-state index contributed by atoms with van der Waals surface area (Å²) in [5.41, 5.74) is 0.860. The quantitative estimate of drug-likeness (QED) is 0.797. The van der Waals surface area contributed by atoms with Crippen LogP contribution in [0.25, 0.3) is 0 Å². The van der Waals surface area contributed by atoms with Crippen LogP contribution in [0, 0.1) is 28.5 Å². The standard InChI is InChI=1S/C11H9BrFN3/c12-10-7-9(1-2-11(10)13)8-16(5-3-14)6-4-15/h1-2,7H,5-6,8H2. The number of rotatable bonds is 4. The van der Waals surface area contributed by atoms with Crippen LogP contribution in [0.2, 0.25) is 0 Å². The fraction of sp³-hybridized carbons (Fsp3) is 0.273. The minimum absolute atomic E-state index is 0.183. The van der Waals surface area contributed by atoms with Crippen molar-refractivity contribution in [2.24, 2.45) is 0 Å². The van der Waals surface area contributed by atoms with E-state index in [1.165, 1.54) is 6.07 Å². The smallest absolute Gasteiger partial charge is 0.137 e. The maximum Gasteiger partial charge on any atom is 0.137 e. The zero-order valence-electron chi connectivity index (χ0n) is 8.45. The average molecular weight is 282 g/mol. The molecular weight excluding hydrogens is 273 g/mol. The Balaban J connectivity index is 2.74. The molecule has 1 rings (SSSR count). The van der Waals surface area contributed by atoms with Crippen LogP contribution < -0.4 is 0 Å². The third-order valence-electron chi connectivity index (χ3n) is 1.98. The first-order chi connectivity index (χ1) is 7.67. The second-order valence-corrected chi connectivity index (χ2v) is 4.06. The van der Waals surface area contributed by atoms with Gasteiger partial charge in [-0.15, -0.1) is 0 Å². The van der Waals surface area contributed by atoms with Crippen molar-refractivity contribution < 1.29 is 4.39 Å². The molecule has 0 aliphatic rings. The summed E-state index contributed by atoms with van der Waals surface area (Å²) in [4.78, 5) is 1.68. The highest BCUT2D eigenvalue weighted by Crippen LogP contribution is 2.17. The molecule has 0 bridgehead atoms. The van der Waals surface area contributed by atoms with E-state index in [0.29, 0.717) is 11.0 Å². The van der Waals surface area contributed by atoms with Crippen molar-refractivity contribution in [1.29, 1.82) is 10.5 Å². The summed E-state index contributed by atoms with van der Waals surface area (Å²) in [7, 11) is 0. The van der Waals surface area contributed by atoms with Crippen molar-refractivity contribution >= 4 is 15.9 Å². The minimum atomic E-state index is -0.323. The van der Waals surface area contributed by atoms with Crippen LogP contribution in [-0.2, 0) is 6.54 Å². The van der Waals surface area contributed by atoms with Gasteiger partial charge in [0.1, 0.15) is 5.82 Å². The maximum atomic E-state index is 13.0. The van der Waals surface area contributed by atoms with Gasteiger partial charge in [-0.05, 0) is 33.6 Å². The molecule has 0 radical (unpaired) electrons. The Morgan fingerprint density at radius 2 is 1.88 bits per heavy atom. The van der Waals surface area contributed by atoms with Crippen molar-refractivity contribution in [1.82, 2.24) is 4.90 Å². The van der Waals surface area contributed by atoms with E-state index in [0.717, 1.165) is 5.56 Å². The lowest BCUT2D eigenvalue weighted by atomic mass is 10.2. The predicted molar refractivity (Wildman–Crippen MR) is 60.6 cm³/mol. The SMILES string of the molecule is N#CCN(CC#N)Cc1ccc(F)c(Br)c1. The van der Waals surface area contributed by atoms with Gasteiger partial charge in [0.2, 0.25) is 0 Å². The number of halogens is 2. The Hall–Kier alpha value is -1.43. The van der Waals surface area contributed by atoms with Crippen LogP contribution in [0.3, 0.4) is 0 Å². The lowest BCUT2D eigenvalue weighted by molar-refractivity contribution is 0.334. The number of nitriles is 2. The molecule has 0 heterocycles. The Kier molecular flexibility index (Phi) is 4.91. The molecule has 0 spiro atoms. The van der Waals surface area contributed by atoms with Crippen molar-refractivity contribution in [2.75, 3.05) is 13.1 Å². The number of hydrogen-bond donors (Lipinski definition) is 0. The summed E-state index contributed by atoms with van der Waals surface area (Å²) >= 11 is 3.09. The van der Waals surface area contributed by atoms with Gasteiger partial charge in [-0.25, -0.2) is 4.39 Å². The number of hydrogen-bond acceptors (Lipinski definition) is 3. The van der Waals surface area contributed by atoms with Crippen LogP contribution >= 0.6 is 15.9 Å². The van der Waals surface area contributed by atoms with E-state index in [2.05, 4.69) is 15.9 Å². The molecule has 0 N–H and O–H groups in total. The van der Waals surface area contributed by atoms with Crippen molar-refractivity contribution in [3.63, 3.8) is 0 Å². The monoisotopic (exact) mass is 281 g/mol. The van der Waals surface area contributed by atoms with Crippen molar-refractivity contribution in [3.05, 3.63) is 34.1 Å². The Morgan fingerprint density at radius 3 is 2.38 bits per heavy atom. The third kappa shape index (κ3) is 3.62. The van der Waals surface area contributed by atoms with E-state index < -0.39 is 0 Å². The van der Waals surface area contributed by atoms with Gasteiger partial charge >= 0.3 is 0 Å². The van der Waals surface area contributed by atoms with Gasteiger partial charge in [0, 0.05) is 6.54 Å². The minimum Gasteiger partial charge on any atom is -0.273 e. The van der Waals surface area contributed by atoms with E-state index in [-0.39, 0.29) is 18.9 Å². The van der Waals surface area contributed by atoms with E-state index in [9.17, 15) is 4.39 Å². The maximum absolute atomic E-state index is 13.0. The molecule has 0 aliphatic heterocycles. The van der Waals surface area contributed by atoms with Gasteiger partial charge in [-0.1, -0.05) is 6.07 Å². The van der Waals surface area contributed by atoms with Gasteiger partial charge in [-0.2, -0.15) is 10.5 Å². The molecule has 1 aromatic carbocycles. The van der Waals surface area contributed by atoms with Gasteiger partial charge in [0.05, 0.1) is 29.7 Å². The molecule has 1 aromatic rings. The lowest BCUT2D eigenvalue weighted by Crippen LogP contribution is -2.23. The zero-order chi connectivity index (χ0) is 12.0. The molecular formula is C11H9BrFN3. The van der Waals surface area contributed by atoms with Crippen molar-refractivity contribution in [2.45, 2.75) is 6.54 Å². The van der Waals surface area contributed by atoms with Crippen LogP contribution in [0.1, 0.15) is 5.56 Å². The fourth-order valence-electron chi connectivity index (χ4n) is 1.26. The molecule has 5 heteroatoms. The predicted octanol–water partition coefficient (Wildman–Crippen LogP) is 2.44. The summed E-state index contributed by atoms with van der Waals surface area (Å²) in [6.07, 6.45) is 0. The second-order valence-electron chi connectivity index (χ2n) is 3.21. The highest BCUT2D eigenvalue weighted by molar-refractivity contribution is 9.10. The van der Waals surface area contributed by atoms with Crippen LogP contribution in [0.4, 0.5) is 4.39 Å². The molecule has 0 fully saturated rings. The first-order valence-corrected chi connectivity index (χ1v) is 5.37. The van der Waals surface area contributed by atoms with Gasteiger partial charge in [0.25, 0.3) is 0 Å². The Bertz CT molecular complexity index is 432. The van der Waals surface area contributed by atoms with Crippen molar-refractivity contribution in [3.8, 4) is 12.1 Å². The third-order valence-corrected chi connectivity index (χ3v) is 2.59. The fourth-order valence-corrected chi connectivity index (χ4v) is 1.69. The largest absolute Gasteiger partial charge is 0.273 e. The Labute approximate surface area is 102 Å². The molecule has 0 aromatic heterocycles. The average Bonchev–Trinajstić information content (AvgIpc) is 2.24. The topological polar surface area (TPSA) is 50.8 Å². The number of benzene rings is 1. The van der Waals surface area contributed by atoms with Gasteiger partial charge in [-0.3, -0.25) is 4.90 Å². The lowest BCUT2D eigenvalue weighted by Gasteiger charge is -2.15. The molecule has 0 unspecified atom stereocenters. The molecule has 0 amide bonds. The molecule has 3 nitrogen and oxygen atoms in total. The van der Waals surface area contributed by atoms with Crippen LogP contribution in [0.5, 0.6) is 0 Å². The first kappa shape index (κ1) is 12.6. The molecule has 0 saturated carbocycles. The summed E-state index contributed by atoms with van der Waals surface area (Å²) < 4.78 is 13.4. The van der Waals surface area contributed by atoms with Gasteiger partial charge in [0.15, 0.2) is 0 Å². The van der Waals surface area contributed by atoms with Crippen LogP contribution in [-0.4, -0.2) is 18.0 Å². The van der Waals surface area contributed by atoms with E-state index >= 15 is 0 Å². The summed E-state index contributed by atoms with van der Waals surface area (Å²) in [6, 6.07) is 8.62. The number of nitrogens with zero attached hydrogens (tertiary/aromatic N) is 3. The molecule has 0 atom stereocenters. The normalized spacial score (nSPS) is 9.81. The zero-order valence-corrected chi connectivity index (χ0v) is 10.0. The first-order valence-electron chi connectivity index (χ1n) is 4.57. The summed E-state index contributed by atoms with van der Waals surface area (Å²) in [5.74, 6) is -0.323. The van der Waals surface area contributed by atoms with E-state index in [4.69, 9.17) is 10.5 Å². The highest BCUT2D eigenvalue weighted by Gasteiger charge is 2.06. The summed E-state index contributed by atoms with van der Waals surface area (Å²) in [5, 5.41) is 17.1. The van der Waals surface area contributed by atoms with Crippen LogP contribution in [0.15, 0.2) is 22.7 Å². The molecule has 0 aliphatic carbocycles. The second kappa shape index (κ2) is 6.22. The van der Waals surface area contributed by atoms with Gasteiger partial charge < -0.3 is 0 Å². The Morgan fingerprint density at radius 1 is 1.25 bits per heavy atom. The molecule has 82 valence electrons. The molecule has 16 heavy (non-hydrogen) atoms. The highest BCUT2D eigenvalue weighted by atomic mass is 79.9.